The molecule has 0 bridgehead atoms. The zero-order valence-corrected chi connectivity index (χ0v) is 10.5. The van der Waals surface area contributed by atoms with Crippen LogP contribution in [0.4, 0.5) is 11.6 Å². The molecular formula is C11H20N4O2. The van der Waals surface area contributed by atoms with E-state index in [0.29, 0.717) is 31.2 Å². The van der Waals surface area contributed by atoms with Crippen molar-refractivity contribution in [2.75, 3.05) is 31.3 Å². The van der Waals surface area contributed by atoms with Crippen LogP contribution in [-0.4, -0.2) is 40.9 Å². The molecule has 1 unspecified atom stereocenters. The molecule has 6 nitrogen and oxygen atoms in total. The quantitative estimate of drug-likeness (QED) is 0.673. The number of hydrogen-bond donors (Lipinski definition) is 3. The van der Waals surface area contributed by atoms with Gasteiger partial charge in [-0.15, -0.1) is 0 Å². The smallest absolute Gasteiger partial charge is 0.134 e. The number of anilines is 2. The van der Waals surface area contributed by atoms with Gasteiger partial charge in [0, 0.05) is 32.2 Å². The van der Waals surface area contributed by atoms with E-state index in [0.717, 1.165) is 5.56 Å². The summed E-state index contributed by atoms with van der Waals surface area (Å²) in [4.78, 5) is 7.96. The Morgan fingerprint density at radius 3 is 2.88 bits per heavy atom. The average Bonchev–Trinajstić information content (AvgIpc) is 2.29. The minimum Gasteiger partial charge on any atom is -0.388 e. The number of nitrogens with zero attached hydrogens (tertiary/aromatic N) is 2. The van der Waals surface area contributed by atoms with Crippen molar-refractivity contribution in [1.29, 1.82) is 0 Å². The van der Waals surface area contributed by atoms with Crippen LogP contribution in [0.25, 0.3) is 0 Å². The van der Waals surface area contributed by atoms with E-state index in [2.05, 4.69) is 15.3 Å². The molecule has 17 heavy (non-hydrogen) atoms. The lowest BCUT2D eigenvalue weighted by Gasteiger charge is -2.24. The Kier molecular flexibility index (Phi) is 4.65. The third-order valence-electron chi connectivity index (χ3n) is 2.60. The van der Waals surface area contributed by atoms with Crippen LogP contribution in [0.3, 0.4) is 0 Å². The summed E-state index contributed by atoms with van der Waals surface area (Å²) in [6, 6.07) is 0. The van der Waals surface area contributed by atoms with Crippen molar-refractivity contribution in [2.24, 2.45) is 0 Å². The van der Waals surface area contributed by atoms with E-state index in [4.69, 9.17) is 10.5 Å². The third kappa shape index (κ3) is 4.16. The monoisotopic (exact) mass is 240 g/mol. The van der Waals surface area contributed by atoms with Crippen molar-refractivity contribution in [3.05, 3.63) is 11.9 Å². The van der Waals surface area contributed by atoms with Crippen LogP contribution >= 0.6 is 0 Å². The van der Waals surface area contributed by atoms with Gasteiger partial charge in [-0.05, 0) is 13.8 Å². The highest BCUT2D eigenvalue weighted by Gasteiger charge is 2.20. The van der Waals surface area contributed by atoms with Gasteiger partial charge in [0.05, 0.1) is 5.60 Å². The van der Waals surface area contributed by atoms with Crippen LogP contribution < -0.4 is 11.1 Å². The minimum atomic E-state index is -0.845. The second kappa shape index (κ2) is 5.79. The molecule has 0 fully saturated rings. The Labute approximate surface area is 101 Å². The first-order chi connectivity index (χ1) is 7.96. The van der Waals surface area contributed by atoms with Gasteiger partial charge in [-0.3, -0.25) is 0 Å². The predicted octanol–water partition coefficient (Wildman–Crippen LogP) is 0.567. The lowest BCUT2D eigenvalue weighted by Crippen LogP contribution is -2.35. The Bertz CT molecular complexity index is 368. The van der Waals surface area contributed by atoms with Crippen LogP contribution in [0.15, 0.2) is 6.33 Å². The third-order valence-corrected chi connectivity index (χ3v) is 2.60. The number of rotatable bonds is 6. The summed E-state index contributed by atoms with van der Waals surface area (Å²) in [5.74, 6) is 1.09. The van der Waals surface area contributed by atoms with E-state index in [-0.39, 0.29) is 0 Å². The maximum absolute atomic E-state index is 10.0. The Hall–Kier alpha value is -1.40. The molecule has 1 rings (SSSR count). The molecule has 4 N–H and O–H groups in total. The molecule has 0 aliphatic heterocycles. The van der Waals surface area contributed by atoms with Crippen LogP contribution in [0.1, 0.15) is 18.9 Å². The van der Waals surface area contributed by atoms with Gasteiger partial charge in [-0.2, -0.15) is 0 Å². The first-order valence-electron chi connectivity index (χ1n) is 5.48. The maximum Gasteiger partial charge on any atom is 0.134 e. The van der Waals surface area contributed by atoms with Gasteiger partial charge >= 0.3 is 0 Å². The molecule has 1 atom stereocenters. The van der Waals surface area contributed by atoms with E-state index in [1.165, 1.54) is 6.33 Å². The van der Waals surface area contributed by atoms with Crippen molar-refractivity contribution >= 4 is 11.6 Å². The molecular weight excluding hydrogens is 220 g/mol. The van der Waals surface area contributed by atoms with Crippen molar-refractivity contribution < 1.29 is 9.84 Å². The van der Waals surface area contributed by atoms with Gasteiger partial charge in [-0.25, -0.2) is 9.97 Å². The van der Waals surface area contributed by atoms with Gasteiger partial charge in [0.2, 0.25) is 0 Å². The van der Waals surface area contributed by atoms with E-state index in [1.54, 1.807) is 14.0 Å². The SMILES string of the molecule is COCCC(C)(O)CNc1ncnc(N)c1C. The summed E-state index contributed by atoms with van der Waals surface area (Å²) < 4.78 is 4.94. The Morgan fingerprint density at radius 1 is 1.53 bits per heavy atom. The number of methoxy groups -OCH3 is 1. The molecule has 1 aromatic rings. The molecule has 6 heteroatoms. The molecule has 1 heterocycles. The summed E-state index contributed by atoms with van der Waals surface area (Å²) in [6.45, 7) is 4.48. The first kappa shape index (κ1) is 13.7. The molecule has 0 aromatic carbocycles. The van der Waals surface area contributed by atoms with Crippen LogP contribution in [-0.2, 0) is 4.74 Å². The second-order valence-electron chi connectivity index (χ2n) is 4.33. The molecule has 0 aliphatic rings. The van der Waals surface area contributed by atoms with Gasteiger partial charge in [-0.1, -0.05) is 0 Å². The summed E-state index contributed by atoms with van der Waals surface area (Å²) in [5, 5.41) is 13.1. The summed E-state index contributed by atoms with van der Waals surface area (Å²) in [6.07, 6.45) is 1.95. The number of ether oxygens (including phenoxy) is 1. The predicted molar refractivity (Wildman–Crippen MR) is 66.8 cm³/mol. The normalized spacial score (nSPS) is 14.4. The summed E-state index contributed by atoms with van der Waals surface area (Å²) in [7, 11) is 1.61. The molecule has 0 spiro atoms. The topological polar surface area (TPSA) is 93.3 Å². The summed E-state index contributed by atoms with van der Waals surface area (Å²) >= 11 is 0. The van der Waals surface area contributed by atoms with Gasteiger partial charge in [0.1, 0.15) is 18.0 Å². The maximum atomic E-state index is 10.0. The highest BCUT2D eigenvalue weighted by atomic mass is 16.5. The largest absolute Gasteiger partial charge is 0.388 e. The number of aliphatic hydroxyl groups is 1. The zero-order valence-electron chi connectivity index (χ0n) is 10.5. The highest BCUT2D eigenvalue weighted by Crippen LogP contribution is 2.17. The van der Waals surface area contributed by atoms with Crippen molar-refractivity contribution in [1.82, 2.24) is 9.97 Å². The zero-order chi connectivity index (χ0) is 12.9. The second-order valence-corrected chi connectivity index (χ2v) is 4.33. The van der Waals surface area contributed by atoms with Gasteiger partial charge in [0.25, 0.3) is 0 Å². The van der Waals surface area contributed by atoms with Crippen LogP contribution in [0, 0.1) is 6.92 Å². The number of nitrogen functional groups attached to an aromatic ring is 1. The van der Waals surface area contributed by atoms with Crippen molar-refractivity contribution in [2.45, 2.75) is 25.9 Å². The minimum absolute atomic E-state index is 0.383. The number of aromatic nitrogens is 2. The highest BCUT2D eigenvalue weighted by molar-refractivity contribution is 5.53. The van der Waals surface area contributed by atoms with Crippen molar-refractivity contribution in [3.63, 3.8) is 0 Å². The number of nitrogens with one attached hydrogen (secondary N) is 1. The molecule has 0 amide bonds. The van der Waals surface area contributed by atoms with E-state index < -0.39 is 5.60 Å². The van der Waals surface area contributed by atoms with Gasteiger partial charge < -0.3 is 20.9 Å². The number of nitrogens with two attached hydrogens (primary N) is 1. The van der Waals surface area contributed by atoms with Crippen LogP contribution in [0.2, 0.25) is 0 Å². The first-order valence-corrected chi connectivity index (χ1v) is 5.48. The molecule has 1 aromatic heterocycles. The van der Waals surface area contributed by atoms with Crippen molar-refractivity contribution in [3.8, 4) is 0 Å². The number of hydrogen-bond acceptors (Lipinski definition) is 6. The molecule has 0 saturated carbocycles. The fourth-order valence-electron chi connectivity index (χ4n) is 1.33. The molecule has 0 aliphatic carbocycles. The fraction of sp³-hybridized carbons (Fsp3) is 0.636. The average molecular weight is 240 g/mol. The van der Waals surface area contributed by atoms with E-state index in [1.807, 2.05) is 6.92 Å². The fourth-order valence-corrected chi connectivity index (χ4v) is 1.33. The lowest BCUT2D eigenvalue weighted by molar-refractivity contribution is 0.0357. The molecule has 96 valence electrons. The van der Waals surface area contributed by atoms with Gasteiger partial charge in [0.15, 0.2) is 0 Å². The molecule has 0 saturated heterocycles. The van der Waals surface area contributed by atoms with Crippen LogP contribution in [0.5, 0.6) is 0 Å². The Balaban J connectivity index is 2.58. The summed E-state index contributed by atoms with van der Waals surface area (Å²) in [5.41, 5.74) is 5.61. The Morgan fingerprint density at radius 2 is 2.24 bits per heavy atom. The van der Waals surface area contributed by atoms with E-state index in [9.17, 15) is 5.11 Å². The lowest BCUT2D eigenvalue weighted by atomic mass is 10.0. The molecule has 0 radical (unpaired) electrons. The standard InChI is InChI=1S/C11H20N4O2/c1-8-9(12)14-7-15-10(8)13-6-11(2,16)4-5-17-3/h7,16H,4-6H2,1-3H3,(H3,12,13,14,15). The van der Waals surface area contributed by atoms with E-state index >= 15 is 0 Å².